The first-order chi connectivity index (χ1) is 12.9. The molecule has 140 valence electrons. The van der Waals surface area contributed by atoms with E-state index in [1.54, 1.807) is 24.3 Å². The Bertz CT molecular complexity index is 883. The van der Waals surface area contributed by atoms with Gasteiger partial charge in [0.05, 0.1) is 11.1 Å². The SMILES string of the molecule is CCc1cccc(C)c1NC(=O)[C@H](C(C)C)N1C(=O)c2ccccc2C1=O. The zero-order valence-corrected chi connectivity index (χ0v) is 16.1. The van der Waals surface area contributed by atoms with E-state index in [0.29, 0.717) is 11.1 Å². The standard InChI is InChI=1S/C22H24N2O3/c1-5-15-10-8-9-14(4)18(15)23-20(25)19(13(2)3)24-21(26)16-11-6-7-12-17(16)22(24)27/h6-13,19H,5H2,1-4H3,(H,23,25)/t19-/m0/s1. The van der Waals surface area contributed by atoms with Gasteiger partial charge in [0.1, 0.15) is 6.04 Å². The van der Waals surface area contributed by atoms with Gasteiger partial charge in [0.2, 0.25) is 5.91 Å². The smallest absolute Gasteiger partial charge is 0.262 e. The fraction of sp³-hybridized carbons (Fsp3) is 0.318. The molecule has 27 heavy (non-hydrogen) atoms. The van der Waals surface area contributed by atoms with Gasteiger partial charge in [-0.3, -0.25) is 19.3 Å². The number of imide groups is 1. The lowest BCUT2D eigenvalue weighted by Crippen LogP contribution is -2.50. The van der Waals surface area contributed by atoms with Gasteiger partial charge in [-0.15, -0.1) is 0 Å². The van der Waals surface area contributed by atoms with Crippen molar-refractivity contribution in [1.29, 1.82) is 0 Å². The number of aryl methyl sites for hydroxylation is 2. The highest BCUT2D eigenvalue weighted by atomic mass is 16.2. The Hall–Kier alpha value is -2.95. The van der Waals surface area contributed by atoms with E-state index in [4.69, 9.17) is 0 Å². The fourth-order valence-corrected chi connectivity index (χ4v) is 3.58. The summed E-state index contributed by atoms with van der Waals surface area (Å²) in [5, 5.41) is 2.97. The molecular formula is C22H24N2O3. The van der Waals surface area contributed by atoms with Crippen molar-refractivity contribution in [3.63, 3.8) is 0 Å². The monoisotopic (exact) mass is 364 g/mol. The number of fused-ring (bicyclic) bond motifs is 1. The van der Waals surface area contributed by atoms with Crippen LogP contribution < -0.4 is 5.32 Å². The van der Waals surface area contributed by atoms with Gasteiger partial charge in [0.25, 0.3) is 11.8 Å². The molecule has 3 rings (SSSR count). The molecule has 1 N–H and O–H groups in total. The van der Waals surface area contributed by atoms with Gasteiger partial charge in [-0.25, -0.2) is 0 Å². The second-order valence-electron chi connectivity index (χ2n) is 7.17. The number of carbonyl (C=O) groups excluding carboxylic acids is 3. The zero-order valence-electron chi connectivity index (χ0n) is 16.1. The van der Waals surface area contributed by atoms with E-state index < -0.39 is 17.9 Å². The Morgan fingerprint density at radius 2 is 1.59 bits per heavy atom. The minimum Gasteiger partial charge on any atom is -0.324 e. The first kappa shape index (κ1) is 18.8. The molecule has 0 bridgehead atoms. The average molecular weight is 364 g/mol. The number of carbonyl (C=O) groups is 3. The van der Waals surface area contributed by atoms with Crippen LogP contribution in [-0.4, -0.2) is 28.7 Å². The minimum atomic E-state index is -0.873. The summed E-state index contributed by atoms with van der Waals surface area (Å²) in [6, 6.07) is 11.7. The molecule has 1 heterocycles. The van der Waals surface area contributed by atoms with Crippen LogP contribution in [0.2, 0.25) is 0 Å². The van der Waals surface area contributed by atoms with Gasteiger partial charge in [-0.2, -0.15) is 0 Å². The van der Waals surface area contributed by atoms with Crippen LogP contribution >= 0.6 is 0 Å². The number of rotatable bonds is 5. The van der Waals surface area contributed by atoms with Crippen LogP contribution in [0.4, 0.5) is 5.69 Å². The summed E-state index contributed by atoms with van der Waals surface area (Å²) < 4.78 is 0. The van der Waals surface area contributed by atoms with Crippen LogP contribution in [0.1, 0.15) is 52.6 Å². The molecule has 2 aromatic carbocycles. The summed E-state index contributed by atoms with van der Waals surface area (Å²) in [6.07, 6.45) is 0.774. The van der Waals surface area contributed by atoms with Crippen LogP contribution in [0.15, 0.2) is 42.5 Å². The number of amides is 3. The van der Waals surface area contributed by atoms with Crippen molar-refractivity contribution in [2.75, 3.05) is 5.32 Å². The summed E-state index contributed by atoms with van der Waals surface area (Å²) in [6.45, 7) is 7.63. The second-order valence-corrected chi connectivity index (χ2v) is 7.17. The average Bonchev–Trinajstić information content (AvgIpc) is 2.89. The molecule has 0 aromatic heterocycles. The number of nitrogens with zero attached hydrogens (tertiary/aromatic N) is 1. The number of anilines is 1. The summed E-state index contributed by atoms with van der Waals surface area (Å²) in [7, 11) is 0. The lowest BCUT2D eigenvalue weighted by Gasteiger charge is -2.29. The van der Waals surface area contributed by atoms with E-state index in [1.807, 2.05) is 45.9 Å². The van der Waals surface area contributed by atoms with E-state index in [-0.39, 0.29) is 11.8 Å². The molecule has 0 fully saturated rings. The van der Waals surface area contributed by atoms with Crippen molar-refractivity contribution < 1.29 is 14.4 Å². The quantitative estimate of drug-likeness (QED) is 0.820. The predicted octanol–water partition coefficient (Wildman–Crippen LogP) is 3.82. The van der Waals surface area contributed by atoms with Gasteiger partial charge in [0.15, 0.2) is 0 Å². The molecular weight excluding hydrogens is 340 g/mol. The second kappa shape index (κ2) is 7.35. The third-order valence-electron chi connectivity index (χ3n) is 4.99. The minimum absolute atomic E-state index is 0.221. The summed E-state index contributed by atoms with van der Waals surface area (Å²) in [5.74, 6) is -1.39. The van der Waals surface area contributed by atoms with Gasteiger partial charge in [-0.05, 0) is 42.5 Å². The normalized spacial score (nSPS) is 14.5. The molecule has 0 spiro atoms. The number of nitrogens with one attached hydrogen (secondary N) is 1. The molecule has 0 saturated carbocycles. The van der Waals surface area contributed by atoms with E-state index in [9.17, 15) is 14.4 Å². The Morgan fingerprint density at radius 3 is 2.11 bits per heavy atom. The maximum Gasteiger partial charge on any atom is 0.262 e. The van der Waals surface area contributed by atoms with Crippen molar-refractivity contribution in [3.8, 4) is 0 Å². The van der Waals surface area contributed by atoms with Crippen molar-refractivity contribution in [1.82, 2.24) is 4.90 Å². The molecule has 2 aromatic rings. The third-order valence-corrected chi connectivity index (χ3v) is 4.99. The van der Waals surface area contributed by atoms with Crippen LogP contribution in [0, 0.1) is 12.8 Å². The van der Waals surface area contributed by atoms with Gasteiger partial charge in [-0.1, -0.05) is 51.1 Å². The highest BCUT2D eigenvalue weighted by Gasteiger charge is 2.44. The van der Waals surface area contributed by atoms with Crippen molar-refractivity contribution in [3.05, 3.63) is 64.7 Å². The van der Waals surface area contributed by atoms with Crippen LogP contribution in [-0.2, 0) is 11.2 Å². The summed E-state index contributed by atoms with van der Waals surface area (Å²) in [4.78, 5) is 39.9. The molecule has 5 heteroatoms. The number of benzene rings is 2. The van der Waals surface area contributed by atoms with Gasteiger partial charge >= 0.3 is 0 Å². The summed E-state index contributed by atoms with van der Waals surface area (Å²) >= 11 is 0. The molecule has 1 aliphatic rings. The Balaban J connectivity index is 1.95. The van der Waals surface area contributed by atoms with E-state index in [1.165, 1.54) is 0 Å². The van der Waals surface area contributed by atoms with Crippen molar-refractivity contribution >= 4 is 23.4 Å². The molecule has 1 aliphatic heterocycles. The maximum atomic E-state index is 13.1. The Morgan fingerprint density at radius 1 is 1.00 bits per heavy atom. The number of hydrogen-bond donors (Lipinski definition) is 1. The lowest BCUT2D eigenvalue weighted by molar-refractivity contribution is -0.121. The molecule has 3 amide bonds. The molecule has 0 radical (unpaired) electrons. The third kappa shape index (κ3) is 3.25. The van der Waals surface area contributed by atoms with Crippen LogP contribution in [0.5, 0.6) is 0 Å². The Kier molecular flexibility index (Phi) is 5.13. The van der Waals surface area contributed by atoms with E-state index in [2.05, 4.69) is 5.32 Å². The van der Waals surface area contributed by atoms with E-state index >= 15 is 0 Å². The molecule has 0 unspecified atom stereocenters. The van der Waals surface area contributed by atoms with Crippen LogP contribution in [0.3, 0.4) is 0 Å². The zero-order chi connectivity index (χ0) is 19.7. The molecule has 5 nitrogen and oxygen atoms in total. The van der Waals surface area contributed by atoms with Gasteiger partial charge < -0.3 is 5.32 Å². The first-order valence-corrected chi connectivity index (χ1v) is 9.23. The number of hydrogen-bond acceptors (Lipinski definition) is 3. The highest BCUT2D eigenvalue weighted by molar-refractivity contribution is 6.23. The van der Waals surface area contributed by atoms with Crippen LogP contribution in [0.25, 0.3) is 0 Å². The Labute approximate surface area is 159 Å². The maximum absolute atomic E-state index is 13.1. The lowest BCUT2D eigenvalue weighted by atomic mass is 10.00. The fourth-order valence-electron chi connectivity index (χ4n) is 3.58. The molecule has 0 saturated heterocycles. The topological polar surface area (TPSA) is 66.5 Å². The molecule has 0 aliphatic carbocycles. The number of para-hydroxylation sites is 1. The summed E-state index contributed by atoms with van der Waals surface area (Å²) in [5.41, 5.74) is 3.44. The first-order valence-electron chi connectivity index (χ1n) is 9.23. The van der Waals surface area contributed by atoms with Gasteiger partial charge in [0, 0.05) is 5.69 Å². The van der Waals surface area contributed by atoms with Crippen molar-refractivity contribution in [2.24, 2.45) is 5.92 Å². The predicted molar refractivity (Wildman–Crippen MR) is 105 cm³/mol. The highest BCUT2D eigenvalue weighted by Crippen LogP contribution is 2.29. The van der Waals surface area contributed by atoms with Crippen molar-refractivity contribution in [2.45, 2.75) is 40.2 Å². The van der Waals surface area contributed by atoms with E-state index in [0.717, 1.165) is 28.1 Å². The molecule has 1 atom stereocenters. The largest absolute Gasteiger partial charge is 0.324 e.